The number of hydrogen-bond donors (Lipinski definition) is 1. The van der Waals surface area contributed by atoms with Crippen molar-refractivity contribution in [2.45, 2.75) is 46.6 Å². The molecule has 1 rings (SSSR count). The standard InChI is InChI=1S/C13H21NO/c1-5-11(6-2)13(15)12-8-7-9(3)14-10(12)4/h7-8,11,13,15H,5-6H2,1-4H3. The first-order valence-corrected chi connectivity index (χ1v) is 5.72. The fraction of sp³-hybridized carbons (Fsp3) is 0.615. The van der Waals surface area contributed by atoms with Crippen LogP contribution in [0.1, 0.15) is 49.7 Å². The summed E-state index contributed by atoms with van der Waals surface area (Å²) in [5.41, 5.74) is 2.94. The maximum atomic E-state index is 10.2. The Hall–Kier alpha value is -0.890. The van der Waals surface area contributed by atoms with Gasteiger partial charge in [0, 0.05) is 17.0 Å². The molecular formula is C13H21NO. The molecule has 0 spiro atoms. The zero-order valence-electron chi connectivity index (χ0n) is 10.1. The summed E-state index contributed by atoms with van der Waals surface area (Å²) in [7, 11) is 0. The lowest BCUT2D eigenvalue weighted by molar-refractivity contribution is 0.102. The van der Waals surface area contributed by atoms with E-state index in [1.807, 2.05) is 26.0 Å². The van der Waals surface area contributed by atoms with Crippen LogP contribution in [0.15, 0.2) is 12.1 Å². The monoisotopic (exact) mass is 207 g/mol. The first kappa shape index (κ1) is 12.2. The van der Waals surface area contributed by atoms with Gasteiger partial charge >= 0.3 is 0 Å². The molecule has 1 unspecified atom stereocenters. The van der Waals surface area contributed by atoms with Crippen molar-refractivity contribution in [3.8, 4) is 0 Å². The van der Waals surface area contributed by atoms with E-state index in [9.17, 15) is 5.11 Å². The van der Waals surface area contributed by atoms with Gasteiger partial charge in [0.15, 0.2) is 0 Å². The molecule has 0 fully saturated rings. The molecule has 1 atom stereocenters. The van der Waals surface area contributed by atoms with Crippen molar-refractivity contribution in [3.63, 3.8) is 0 Å². The number of aliphatic hydroxyl groups is 1. The lowest BCUT2D eigenvalue weighted by Crippen LogP contribution is -2.13. The molecule has 0 aliphatic rings. The Morgan fingerprint density at radius 1 is 1.20 bits per heavy atom. The van der Waals surface area contributed by atoms with Crippen molar-refractivity contribution < 1.29 is 5.11 Å². The SMILES string of the molecule is CCC(CC)C(O)c1ccc(C)nc1C. The molecule has 84 valence electrons. The van der Waals surface area contributed by atoms with E-state index < -0.39 is 0 Å². The molecule has 0 aliphatic heterocycles. The van der Waals surface area contributed by atoms with Crippen LogP contribution in [0.5, 0.6) is 0 Å². The van der Waals surface area contributed by atoms with Crippen LogP contribution in [0.4, 0.5) is 0 Å². The molecule has 0 radical (unpaired) electrons. The van der Waals surface area contributed by atoms with Crippen LogP contribution in [0, 0.1) is 19.8 Å². The summed E-state index contributed by atoms with van der Waals surface area (Å²) in [4.78, 5) is 4.39. The van der Waals surface area contributed by atoms with Gasteiger partial charge in [-0.15, -0.1) is 0 Å². The second kappa shape index (κ2) is 5.26. The molecule has 1 aromatic rings. The Bertz CT molecular complexity index is 318. The summed E-state index contributed by atoms with van der Waals surface area (Å²) in [6, 6.07) is 3.97. The van der Waals surface area contributed by atoms with Crippen molar-refractivity contribution in [1.82, 2.24) is 4.98 Å². The molecule has 0 saturated heterocycles. The molecule has 2 heteroatoms. The van der Waals surface area contributed by atoms with Gasteiger partial charge < -0.3 is 5.11 Å². The molecular weight excluding hydrogens is 186 g/mol. The smallest absolute Gasteiger partial charge is 0.0835 e. The predicted octanol–water partition coefficient (Wildman–Crippen LogP) is 3.17. The fourth-order valence-electron chi connectivity index (χ4n) is 2.00. The summed E-state index contributed by atoms with van der Waals surface area (Å²) in [5.74, 6) is 0.341. The molecule has 0 aromatic carbocycles. The van der Waals surface area contributed by atoms with Crippen LogP contribution >= 0.6 is 0 Å². The Balaban J connectivity index is 2.94. The number of aromatic nitrogens is 1. The highest BCUT2D eigenvalue weighted by atomic mass is 16.3. The Morgan fingerprint density at radius 2 is 1.80 bits per heavy atom. The van der Waals surface area contributed by atoms with Crippen molar-refractivity contribution in [2.24, 2.45) is 5.92 Å². The summed E-state index contributed by atoms with van der Waals surface area (Å²) in [6.45, 7) is 8.18. The molecule has 15 heavy (non-hydrogen) atoms. The highest BCUT2D eigenvalue weighted by Gasteiger charge is 2.19. The minimum atomic E-state index is -0.368. The highest BCUT2D eigenvalue weighted by molar-refractivity contribution is 5.24. The van der Waals surface area contributed by atoms with E-state index in [1.165, 1.54) is 0 Å². The number of rotatable bonds is 4. The number of aliphatic hydroxyl groups excluding tert-OH is 1. The minimum absolute atomic E-state index is 0.341. The average Bonchev–Trinajstić information content (AvgIpc) is 2.19. The van der Waals surface area contributed by atoms with Gasteiger partial charge in [-0.25, -0.2) is 0 Å². The lowest BCUT2D eigenvalue weighted by atomic mass is 9.90. The second-order valence-electron chi connectivity index (χ2n) is 4.15. The molecule has 0 aliphatic carbocycles. The van der Waals surface area contributed by atoms with Gasteiger partial charge in [-0.2, -0.15) is 0 Å². The zero-order chi connectivity index (χ0) is 11.4. The van der Waals surface area contributed by atoms with E-state index in [4.69, 9.17) is 0 Å². The predicted molar refractivity (Wildman–Crippen MR) is 62.7 cm³/mol. The average molecular weight is 207 g/mol. The summed E-state index contributed by atoms with van der Waals surface area (Å²) in [5, 5.41) is 10.2. The van der Waals surface area contributed by atoms with Gasteiger partial charge in [0.2, 0.25) is 0 Å². The van der Waals surface area contributed by atoms with Crippen LogP contribution in [0.3, 0.4) is 0 Å². The van der Waals surface area contributed by atoms with Gasteiger partial charge in [-0.1, -0.05) is 32.8 Å². The Morgan fingerprint density at radius 3 is 2.27 bits per heavy atom. The highest BCUT2D eigenvalue weighted by Crippen LogP contribution is 2.28. The van der Waals surface area contributed by atoms with Crippen LogP contribution in [0.2, 0.25) is 0 Å². The van der Waals surface area contributed by atoms with E-state index >= 15 is 0 Å². The fourth-order valence-corrected chi connectivity index (χ4v) is 2.00. The number of aryl methyl sites for hydroxylation is 2. The maximum absolute atomic E-state index is 10.2. The van der Waals surface area contributed by atoms with Crippen molar-refractivity contribution in [3.05, 3.63) is 29.1 Å². The second-order valence-corrected chi connectivity index (χ2v) is 4.15. The van der Waals surface area contributed by atoms with Gasteiger partial charge in [0.1, 0.15) is 0 Å². The number of hydrogen-bond acceptors (Lipinski definition) is 2. The Kier molecular flexibility index (Phi) is 4.28. The largest absolute Gasteiger partial charge is 0.388 e. The molecule has 0 saturated carbocycles. The zero-order valence-corrected chi connectivity index (χ0v) is 10.1. The van der Waals surface area contributed by atoms with Crippen LogP contribution in [-0.4, -0.2) is 10.1 Å². The molecule has 1 N–H and O–H groups in total. The summed E-state index contributed by atoms with van der Waals surface area (Å²) >= 11 is 0. The third kappa shape index (κ3) is 2.78. The molecule has 1 aromatic heterocycles. The van der Waals surface area contributed by atoms with Gasteiger partial charge in [0.25, 0.3) is 0 Å². The van der Waals surface area contributed by atoms with E-state index in [0.717, 1.165) is 29.8 Å². The van der Waals surface area contributed by atoms with Gasteiger partial charge in [-0.05, 0) is 25.8 Å². The maximum Gasteiger partial charge on any atom is 0.0835 e. The van der Waals surface area contributed by atoms with Gasteiger partial charge in [0.05, 0.1) is 6.10 Å². The van der Waals surface area contributed by atoms with Crippen LogP contribution < -0.4 is 0 Å². The summed E-state index contributed by atoms with van der Waals surface area (Å²) < 4.78 is 0. The van der Waals surface area contributed by atoms with Crippen molar-refractivity contribution in [2.75, 3.05) is 0 Å². The Labute approximate surface area is 92.4 Å². The van der Waals surface area contributed by atoms with E-state index in [0.29, 0.717) is 5.92 Å². The van der Waals surface area contributed by atoms with E-state index in [1.54, 1.807) is 0 Å². The molecule has 0 amide bonds. The lowest BCUT2D eigenvalue weighted by Gasteiger charge is -2.21. The van der Waals surface area contributed by atoms with Crippen LogP contribution in [0.25, 0.3) is 0 Å². The third-order valence-corrected chi connectivity index (χ3v) is 3.08. The number of pyridine rings is 1. The first-order valence-electron chi connectivity index (χ1n) is 5.72. The minimum Gasteiger partial charge on any atom is -0.388 e. The van der Waals surface area contributed by atoms with Crippen molar-refractivity contribution >= 4 is 0 Å². The molecule has 0 bridgehead atoms. The first-order chi connectivity index (χ1) is 7.10. The van der Waals surface area contributed by atoms with E-state index in [-0.39, 0.29) is 6.10 Å². The topological polar surface area (TPSA) is 33.1 Å². The quantitative estimate of drug-likeness (QED) is 0.822. The van der Waals surface area contributed by atoms with Gasteiger partial charge in [-0.3, -0.25) is 4.98 Å². The third-order valence-electron chi connectivity index (χ3n) is 3.08. The van der Waals surface area contributed by atoms with Crippen LogP contribution in [-0.2, 0) is 0 Å². The van der Waals surface area contributed by atoms with Crippen molar-refractivity contribution in [1.29, 1.82) is 0 Å². The summed E-state index contributed by atoms with van der Waals surface area (Å²) in [6.07, 6.45) is 1.64. The molecule has 2 nitrogen and oxygen atoms in total. The molecule has 1 heterocycles. The normalized spacial score (nSPS) is 13.2. The number of nitrogens with zero attached hydrogens (tertiary/aromatic N) is 1. The van der Waals surface area contributed by atoms with E-state index in [2.05, 4.69) is 18.8 Å².